The fourth-order valence-electron chi connectivity index (χ4n) is 1.48. The number of hydrogen-bond donors (Lipinski definition) is 3. The van der Waals surface area contributed by atoms with Crippen LogP contribution in [-0.4, -0.2) is 35.4 Å². The molecule has 116 valence electrons. The van der Waals surface area contributed by atoms with Gasteiger partial charge in [-0.1, -0.05) is 6.58 Å². The number of unbranched alkanes of at least 4 members (excludes halogenated alkanes) is 1. The molecule has 0 aromatic heterocycles. The molecule has 0 fully saturated rings. The van der Waals surface area contributed by atoms with Crippen LogP contribution in [0.3, 0.4) is 0 Å². The first-order valence-electron chi connectivity index (χ1n) is 6.73. The van der Waals surface area contributed by atoms with Gasteiger partial charge >= 0.3 is 12.1 Å². The largest absolute Gasteiger partial charge is 0.480 e. The predicted octanol–water partition coefficient (Wildman–Crippen LogP) is 2.26. The molecule has 1 unspecified atom stereocenters. The minimum Gasteiger partial charge on any atom is -0.480 e. The molecule has 0 aliphatic carbocycles. The first-order valence-corrected chi connectivity index (χ1v) is 6.73. The highest BCUT2D eigenvalue weighted by Gasteiger charge is 2.23. The number of carbonyl (C=O) groups excluding carboxylic acids is 1. The first-order chi connectivity index (χ1) is 9.11. The van der Waals surface area contributed by atoms with Crippen molar-refractivity contribution in [2.45, 2.75) is 58.6 Å². The van der Waals surface area contributed by atoms with E-state index in [1.165, 1.54) is 0 Å². The molecule has 1 atom stereocenters. The van der Waals surface area contributed by atoms with Gasteiger partial charge in [-0.3, -0.25) is 0 Å². The van der Waals surface area contributed by atoms with Crippen LogP contribution >= 0.6 is 0 Å². The molecule has 6 heteroatoms. The molecule has 1 amide bonds. The van der Waals surface area contributed by atoms with Crippen LogP contribution in [0.4, 0.5) is 4.79 Å². The monoisotopic (exact) mass is 286 g/mol. The summed E-state index contributed by atoms with van der Waals surface area (Å²) in [6.45, 7) is 11.5. The molecule has 0 saturated carbocycles. The number of alkyl carbamates (subject to hydrolysis) is 1. The summed E-state index contributed by atoms with van der Waals surface area (Å²) in [7, 11) is 0. The number of carbonyl (C=O) groups is 2. The Morgan fingerprint density at radius 2 is 1.90 bits per heavy atom. The molecule has 0 aliphatic heterocycles. The highest BCUT2D eigenvalue weighted by atomic mass is 16.6. The molecule has 0 aromatic carbocycles. The molecule has 20 heavy (non-hydrogen) atoms. The van der Waals surface area contributed by atoms with Crippen LogP contribution in [0.2, 0.25) is 0 Å². The van der Waals surface area contributed by atoms with Crippen molar-refractivity contribution in [2.75, 3.05) is 6.54 Å². The predicted molar refractivity (Wildman–Crippen MR) is 77.5 cm³/mol. The maximum absolute atomic E-state index is 11.5. The van der Waals surface area contributed by atoms with Crippen molar-refractivity contribution in [3.8, 4) is 0 Å². The van der Waals surface area contributed by atoms with Crippen LogP contribution < -0.4 is 10.6 Å². The SMILES string of the molecule is C=C(C)NCCCCC(NC(=O)OC(C)(C)C)C(=O)O. The quantitative estimate of drug-likeness (QED) is 0.596. The minimum absolute atomic E-state index is 0.368. The lowest BCUT2D eigenvalue weighted by molar-refractivity contribution is -0.139. The zero-order chi connectivity index (χ0) is 15.8. The second-order valence-corrected chi connectivity index (χ2v) is 5.74. The number of amides is 1. The summed E-state index contributed by atoms with van der Waals surface area (Å²) in [5.74, 6) is -1.05. The first kappa shape index (κ1) is 18.3. The maximum atomic E-state index is 11.5. The van der Waals surface area contributed by atoms with E-state index in [-0.39, 0.29) is 0 Å². The van der Waals surface area contributed by atoms with Gasteiger partial charge in [-0.25, -0.2) is 9.59 Å². The summed E-state index contributed by atoms with van der Waals surface area (Å²) in [4.78, 5) is 22.6. The zero-order valence-electron chi connectivity index (χ0n) is 12.8. The summed E-state index contributed by atoms with van der Waals surface area (Å²) in [6.07, 6.45) is 1.16. The molecule has 0 heterocycles. The number of carboxylic acid groups (broad SMARTS) is 1. The number of carboxylic acids is 1. The lowest BCUT2D eigenvalue weighted by atomic mass is 10.1. The summed E-state index contributed by atoms with van der Waals surface area (Å²) in [6, 6.07) is -0.922. The second-order valence-electron chi connectivity index (χ2n) is 5.74. The Balaban J connectivity index is 4.08. The topological polar surface area (TPSA) is 87.7 Å². The zero-order valence-corrected chi connectivity index (χ0v) is 12.8. The van der Waals surface area contributed by atoms with Gasteiger partial charge in [0.05, 0.1) is 0 Å². The Hall–Kier alpha value is -1.72. The van der Waals surface area contributed by atoms with Gasteiger partial charge in [0, 0.05) is 12.2 Å². The number of ether oxygens (including phenoxy) is 1. The summed E-state index contributed by atoms with van der Waals surface area (Å²) < 4.78 is 5.04. The molecular formula is C14H26N2O4. The smallest absolute Gasteiger partial charge is 0.408 e. The van der Waals surface area contributed by atoms with Crippen molar-refractivity contribution >= 4 is 12.1 Å². The molecule has 3 N–H and O–H groups in total. The lowest BCUT2D eigenvalue weighted by Gasteiger charge is -2.22. The van der Waals surface area contributed by atoms with E-state index in [9.17, 15) is 9.59 Å². The van der Waals surface area contributed by atoms with Crippen molar-refractivity contribution in [3.05, 3.63) is 12.3 Å². The number of allylic oxidation sites excluding steroid dienone is 1. The Morgan fingerprint density at radius 1 is 1.30 bits per heavy atom. The van der Waals surface area contributed by atoms with Gasteiger partial charge < -0.3 is 20.5 Å². The van der Waals surface area contributed by atoms with Gasteiger partial charge in [0.25, 0.3) is 0 Å². The van der Waals surface area contributed by atoms with E-state index in [1.54, 1.807) is 20.8 Å². The van der Waals surface area contributed by atoms with E-state index >= 15 is 0 Å². The standard InChI is InChI=1S/C14H26N2O4/c1-10(2)15-9-7-6-8-11(12(17)18)16-13(19)20-14(3,4)5/h11,15H,1,6-9H2,2-5H3,(H,16,19)(H,17,18). The number of hydrogen-bond acceptors (Lipinski definition) is 4. The highest BCUT2D eigenvalue weighted by molar-refractivity contribution is 5.79. The molecule has 0 aliphatic rings. The van der Waals surface area contributed by atoms with Crippen molar-refractivity contribution < 1.29 is 19.4 Å². The van der Waals surface area contributed by atoms with E-state index < -0.39 is 23.7 Å². The molecule has 6 nitrogen and oxygen atoms in total. The molecular weight excluding hydrogens is 260 g/mol. The second kappa shape index (κ2) is 8.45. The number of rotatable bonds is 8. The molecule has 0 bridgehead atoms. The van der Waals surface area contributed by atoms with Crippen LogP contribution in [0.1, 0.15) is 47.0 Å². The number of nitrogens with one attached hydrogen (secondary N) is 2. The van der Waals surface area contributed by atoms with Gasteiger partial charge in [-0.2, -0.15) is 0 Å². The van der Waals surface area contributed by atoms with Crippen LogP contribution in [-0.2, 0) is 9.53 Å². The molecule has 0 rings (SSSR count). The van der Waals surface area contributed by atoms with Gasteiger partial charge in [-0.15, -0.1) is 0 Å². The summed E-state index contributed by atoms with van der Waals surface area (Å²) in [5.41, 5.74) is 0.241. The highest BCUT2D eigenvalue weighted by Crippen LogP contribution is 2.08. The van der Waals surface area contributed by atoms with Crippen LogP contribution in [0.25, 0.3) is 0 Å². The van der Waals surface area contributed by atoms with Gasteiger partial charge in [0.2, 0.25) is 0 Å². The van der Waals surface area contributed by atoms with E-state index in [2.05, 4.69) is 17.2 Å². The summed E-state index contributed by atoms with van der Waals surface area (Å²) in [5, 5.41) is 14.5. The summed E-state index contributed by atoms with van der Waals surface area (Å²) >= 11 is 0. The Kier molecular flexibility index (Phi) is 7.72. The maximum Gasteiger partial charge on any atom is 0.408 e. The van der Waals surface area contributed by atoms with E-state index in [4.69, 9.17) is 9.84 Å². The Bertz CT molecular complexity index is 348. The third-order valence-electron chi connectivity index (χ3n) is 2.34. The lowest BCUT2D eigenvalue weighted by Crippen LogP contribution is -2.43. The average Bonchev–Trinajstić information content (AvgIpc) is 2.23. The van der Waals surface area contributed by atoms with Gasteiger partial charge in [0.15, 0.2) is 0 Å². The molecule has 0 aromatic rings. The van der Waals surface area contributed by atoms with Crippen molar-refractivity contribution in [1.82, 2.24) is 10.6 Å². The minimum atomic E-state index is -1.05. The Labute approximate surface area is 120 Å². The van der Waals surface area contributed by atoms with Gasteiger partial charge in [0.1, 0.15) is 11.6 Å². The van der Waals surface area contributed by atoms with Crippen molar-refractivity contribution in [3.63, 3.8) is 0 Å². The number of aliphatic carboxylic acids is 1. The molecule has 0 radical (unpaired) electrons. The van der Waals surface area contributed by atoms with E-state index in [0.29, 0.717) is 12.8 Å². The van der Waals surface area contributed by atoms with E-state index in [0.717, 1.165) is 18.7 Å². The van der Waals surface area contributed by atoms with Crippen molar-refractivity contribution in [2.24, 2.45) is 0 Å². The Morgan fingerprint density at radius 3 is 2.35 bits per heavy atom. The molecule has 0 spiro atoms. The average molecular weight is 286 g/mol. The van der Waals surface area contributed by atoms with Crippen LogP contribution in [0.5, 0.6) is 0 Å². The normalized spacial score (nSPS) is 12.4. The third-order valence-corrected chi connectivity index (χ3v) is 2.34. The van der Waals surface area contributed by atoms with Gasteiger partial charge in [-0.05, 0) is 47.0 Å². The van der Waals surface area contributed by atoms with Crippen LogP contribution in [0, 0.1) is 0 Å². The fourth-order valence-corrected chi connectivity index (χ4v) is 1.48. The third kappa shape index (κ3) is 10.2. The fraction of sp³-hybridized carbons (Fsp3) is 0.714. The van der Waals surface area contributed by atoms with Crippen LogP contribution in [0.15, 0.2) is 12.3 Å². The molecule has 0 saturated heterocycles. The van der Waals surface area contributed by atoms with E-state index in [1.807, 2.05) is 6.92 Å². The van der Waals surface area contributed by atoms with Crippen molar-refractivity contribution in [1.29, 1.82) is 0 Å².